The van der Waals surface area contributed by atoms with Gasteiger partial charge >= 0.3 is 0 Å². The standard InChI is InChI=1S/C12H23NO/c14-12(6-2-3-7-12)8-11-13-9-4-1-5-10-13/h14H,1-11H2. The van der Waals surface area contributed by atoms with Gasteiger partial charge in [0, 0.05) is 6.54 Å². The highest BCUT2D eigenvalue weighted by Crippen LogP contribution is 2.32. The second kappa shape index (κ2) is 4.63. The third kappa shape index (κ3) is 2.71. The second-order valence-electron chi connectivity index (χ2n) is 5.08. The second-order valence-corrected chi connectivity index (χ2v) is 5.08. The maximum atomic E-state index is 10.2. The van der Waals surface area contributed by atoms with Crippen LogP contribution in [-0.4, -0.2) is 35.2 Å². The van der Waals surface area contributed by atoms with E-state index in [2.05, 4.69) is 4.90 Å². The van der Waals surface area contributed by atoms with Gasteiger partial charge in [0.2, 0.25) is 0 Å². The molecule has 0 amide bonds. The van der Waals surface area contributed by atoms with Gasteiger partial charge in [0.15, 0.2) is 0 Å². The van der Waals surface area contributed by atoms with Crippen molar-refractivity contribution in [2.75, 3.05) is 19.6 Å². The molecule has 1 heterocycles. The van der Waals surface area contributed by atoms with E-state index in [1.807, 2.05) is 0 Å². The zero-order chi connectivity index (χ0) is 9.86. The molecule has 0 radical (unpaired) electrons. The maximum absolute atomic E-state index is 10.2. The van der Waals surface area contributed by atoms with Gasteiger partial charge in [-0.3, -0.25) is 0 Å². The van der Waals surface area contributed by atoms with Crippen molar-refractivity contribution in [3.63, 3.8) is 0 Å². The Labute approximate surface area is 87.3 Å². The minimum absolute atomic E-state index is 0.294. The Morgan fingerprint density at radius 1 is 0.929 bits per heavy atom. The van der Waals surface area contributed by atoms with E-state index >= 15 is 0 Å². The van der Waals surface area contributed by atoms with Gasteiger partial charge in [0.1, 0.15) is 0 Å². The van der Waals surface area contributed by atoms with Crippen LogP contribution in [-0.2, 0) is 0 Å². The van der Waals surface area contributed by atoms with E-state index in [4.69, 9.17) is 0 Å². The monoisotopic (exact) mass is 197 g/mol. The Morgan fingerprint density at radius 3 is 2.21 bits per heavy atom. The summed E-state index contributed by atoms with van der Waals surface area (Å²) in [5, 5.41) is 10.2. The Balaban J connectivity index is 1.70. The Kier molecular flexibility index (Phi) is 3.45. The molecule has 1 saturated carbocycles. The zero-order valence-electron chi connectivity index (χ0n) is 9.17. The molecular weight excluding hydrogens is 174 g/mol. The summed E-state index contributed by atoms with van der Waals surface area (Å²) >= 11 is 0. The number of hydrogen-bond donors (Lipinski definition) is 1. The first kappa shape index (κ1) is 10.4. The lowest BCUT2D eigenvalue weighted by Crippen LogP contribution is -2.36. The lowest BCUT2D eigenvalue weighted by Gasteiger charge is -2.30. The number of likely N-dealkylation sites (tertiary alicyclic amines) is 1. The number of aliphatic hydroxyl groups is 1. The summed E-state index contributed by atoms with van der Waals surface area (Å²) in [6, 6.07) is 0. The van der Waals surface area contributed by atoms with Gasteiger partial charge in [-0.15, -0.1) is 0 Å². The zero-order valence-corrected chi connectivity index (χ0v) is 9.17. The SMILES string of the molecule is OC1(CCN2CCCCC2)CCCC1. The molecule has 82 valence electrons. The summed E-state index contributed by atoms with van der Waals surface area (Å²) in [5.41, 5.74) is -0.294. The van der Waals surface area contributed by atoms with Crippen molar-refractivity contribution in [1.29, 1.82) is 0 Å². The molecule has 1 aliphatic carbocycles. The Hall–Kier alpha value is -0.0800. The van der Waals surface area contributed by atoms with E-state index in [1.54, 1.807) is 0 Å². The minimum atomic E-state index is -0.294. The predicted molar refractivity (Wildman–Crippen MR) is 58.3 cm³/mol. The number of nitrogens with zero attached hydrogens (tertiary/aromatic N) is 1. The van der Waals surface area contributed by atoms with Crippen LogP contribution in [0.4, 0.5) is 0 Å². The first-order chi connectivity index (χ1) is 6.79. The highest BCUT2D eigenvalue weighted by atomic mass is 16.3. The topological polar surface area (TPSA) is 23.5 Å². The molecule has 0 aromatic rings. The molecule has 1 aliphatic heterocycles. The van der Waals surface area contributed by atoms with E-state index in [9.17, 15) is 5.11 Å². The summed E-state index contributed by atoms with van der Waals surface area (Å²) in [6.45, 7) is 3.64. The van der Waals surface area contributed by atoms with Gasteiger partial charge in [-0.1, -0.05) is 19.3 Å². The molecule has 0 aromatic heterocycles. The van der Waals surface area contributed by atoms with Crippen LogP contribution < -0.4 is 0 Å². The molecule has 0 bridgehead atoms. The van der Waals surface area contributed by atoms with Crippen LogP contribution in [0.15, 0.2) is 0 Å². The molecule has 2 aliphatic rings. The van der Waals surface area contributed by atoms with Crippen LogP contribution in [0.5, 0.6) is 0 Å². The number of piperidine rings is 1. The normalized spacial score (nSPS) is 28.1. The maximum Gasteiger partial charge on any atom is 0.0660 e. The lowest BCUT2D eigenvalue weighted by molar-refractivity contribution is 0.0261. The molecule has 0 aromatic carbocycles. The van der Waals surface area contributed by atoms with Gasteiger partial charge in [0.25, 0.3) is 0 Å². The number of hydrogen-bond acceptors (Lipinski definition) is 2. The molecule has 14 heavy (non-hydrogen) atoms. The van der Waals surface area contributed by atoms with Gasteiger partial charge < -0.3 is 10.0 Å². The van der Waals surface area contributed by atoms with E-state index in [-0.39, 0.29) is 5.60 Å². The molecule has 2 nitrogen and oxygen atoms in total. The van der Waals surface area contributed by atoms with Crippen LogP contribution >= 0.6 is 0 Å². The van der Waals surface area contributed by atoms with Gasteiger partial charge in [0.05, 0.1) is 5.60 Å². The summed E-state index contributed by atoms with van der Waals surface area (Å²) in [7, 11) is 0. The van der Waals surface area contributed by atoms with Crippen molar-refractivity contribution >= 4 is 0 Å². The van der Waals surface area contributed by atoms with Crippen LogP contribution in [0.2, 0.25) is 0 Å². The molecular formula is C12H23NO. The van der Waals surface area contributed by atoms with Gasteiger partial charge in [-0.2, -0.15) is 0 Å². The minimum Gasteiger partial charge on any atom is -0.390 e. The molecule has 2 rings (SSSR count). The number of rotatable bonds is 3. The first-order valence-electron chi connectivity index (χ1n) is 6.23. The van der Waals surface area contributed by atoms with Gasteiger partial charge in [-0.25, -0.2) is 0 Å². The van der Waals surface area contributed by atoms with Crippen LogP contribution in [0, 0.1) is 0 Å². The quantitative estimate of drug-likeness (QED) is 0.749. The lowest BCUT2D eigenvalue weighted by atomic mass is 9.97. The Bertz CT molecular complexity index is 169. The average Bonchev–Trinajstić information content (AvgIpc) is 2.65. The highest BCUT2D eigenvalue weighted by Gasteiger charge is 2.31. The third-order valence-electron chi connectivity index (χ3n) is 3.88. The highest BCUT2D eigenvalue weighted by molar-refractivity contribution is 4.85. The fraction of sp³-hybridized carbons (Fsp3) is 1.00. The Morgan fingerprint density at radius 2 is 1.57 bits per heavy atom. The molecule has 0 spiro atoms. The molecule has 1 saturated heterocycles. The summed E-state index contributed by atoms with van der Waals surface area (Å²) in [4.78, 5) is 2.53. The summed E-state index contributed by atoms with van der Waals surface area (Å²) in [5.74, 6) is 0. The van der Waals surface area contributed by atoms with Crippen molar-refractivity contribution < 1.29 is 5.11 Å². The van der Waals surface area contributed by atoms with Crippen molar-refractivity contribution in [3.05, 3.63) is 0 Å². The smallest absolute Gasteiger partial charge is 0.0660 e. The van der Waals surface area contributed by atoms with E-state index in [0.717, 1.165) is 25.8 Å². The fourth-order valence-electron chi connectivity index (χ4n) is 2.83. The van der Waals surface area contributed by atoms with Crippen LogP contribution in [0.3, 0.4) is 0 Å². The van der Waals surface area contributed by atoms with E-state index in [1.165, 1.54) is 45.2 Å². The van der Waals surface area contributed by atoms with Crippen molar-refractivity contribution in [3.8, 4) is 0 Å². The van der Waals surface area contributed by atoms with Crippen molar-refractivity contribution in [1.82, 2.24) is 4.90 Å². The van der Waals surface area contributed by atoms with E-state index < -0.39 is 0 Å². The average molecular weight is 197 g/mol. The molecule has 2 heteroatoms. The van der Waals surface area contributed by atoms with Crippen molar-refractivity contribution in [2.24, 2.45) is 0 Å². The predicted octanol–water partition coefficient (Wildman–Crippen LogP) is 2.17. The molecule has 0 unspecified atom stereocenters. The van der Waals surface area contributed by atoms with Crippen LogP contribution in [0.25, 0.3) is 0 Å². The molecule has 0 atom stereocenters. The van der Waals surface area contributed by atoms with E-state index in [0.29, 0.717) is 0 Å². The fourth-order valence-corrected chi connectivity index (χ4v) is 2.83. The molecule has 2 fully saturated rings. The van der Waals surface area contributed by atoms with Crippen molar-refractivity contribution in [2.45, 2.75) is 57.0 Å². The van der Waals surface area contributed by atoms with Gasteiger partial charge in [-0.05, 0) is 45.2 Å². The van der Waals surface area contributed by atoms with Crippen LogP contribution in [0.1, 0.15) is 51.4 Å². The summed E-state index contributed by atoms with van der Waals surface area (Å²) in [6.07, 6.45) is 9.68. The third-order valence-corrected chi connectivity index (χ3v) is 3.88. The summed E-state index contributed by atoms with van der Waals surface area (Å²) < 4.78 is 0. The molecule has 1 N–H and O–H groups in total. The largest absolute Gasteiger partial charge is 0.390 e. The first-order valence-corrected chi connectivity index (χ1v) is 6.23.